The van der Waals surface area contributed by atoms with Gasteiger partial charge >= 0.3 is 12.0 Å². The number of carboxylic acid groups (broad SMARTS) is 1. The zero-order chi connectivity index (χ0) is 39.6. The minimum atomic E-state index is -1.48. The van der Waals surface area contributed by atoms with Gasteiger partial charge in [-0.3, -0.25) is 9.59 Å². The lowest BCUT2D eigenvalue weighted by molar-refractivity contribution is -0.146. The Bertz CT molecular complexity index is 2060. The Morgan fingerprint density at radius 3 is 2.49 bits per heavy atom. The molecule has 0 radical (unpaired) electrons. The van der Waals surface area contributed by atoms with Crippen molar-refractivity contribution < 1.29 is 33.8 Å². The Labute approximate surface area is 322 Å². The first-order chi connectivity index (χ1) is 26.1. The van der Waals surface area contributed by atoms with Gasteiger partial charge < -0.3 is 39.5 Å². The third kappa shape index (κ3) is 6.82. The summed E-state index contributed by atoms with van der Waals surface area (Å²) >= 11 is 0. The quantitative estimate of drug-likeness (QED) is 0.260. The van der Waals surface area contributed by atoms with Gasteiger partial charge in [0.1, 0.15) is 35.2 Å². The van der Waals surface area contributed by atoms with Crippen LogP contribution >= 0.6 is 0 Å². The lowest BCUT2D eigenvalue weighted by atomic mass is 10.0. The van der Waals surface area contributed by atoms with Crippen molar-refractivity contribution in [1.82, 2.24) is 25.0 Å². The number of nitrogens with one attached hydrogen (secondary N) is 1. The normalized spacial score (nSPS) is 24.0. The third-order valence-corrected chi connectivity index (χ3v) is 11.7. The van der Waals surface area contributed by atoms with E-state index in [1.807, 2.05) is 65.0 Å². The highest BCUT2D eigenvalue weighted by Crippen LogP contribution is 2.45. The number of methoxy groups -OCH3 is 1. The van der Waals surface area contributed by atoms with E-state index in [9.17, 15) is 24.3 Å². The molecule has 1 saturated carbocycles. The van der Waals surface area contributed by atoms with E-state index in [2.05, 4.69) is 36.0 Å². The van der Waals surface area contributed by atoms with Gasteiger partial charge in [0.05, 0.1) is 24.9 Å². The number of hydrogen-bond acceptors (Lipinski definition) is 8. The van der Waals surface area contributed by atoms with E-state index in [-0.39, 0.29) is 37.2 Å². The molecule has 4 aliphatic rings. The second kappa shape index (κ2) is 14.1. The summed E-state index contributed by atoms with van der Waals surface area (Å²) in [5, 5.41) is 13.6. The van der Waals surface area contributed by atoms with Crippen molar-refractivity contribution >= 4 is 40.4 Å². The molecule has 7 rings (SSSR count). The van der Waals surface area contributed by atoms with Crippen molar-refractivity contribution in [3.8, 4) is 22.8 Å². The number of carbonyl (C=O) groups excluding carboxylic acids is 3. The molecule has 1 aromatic heterocycles. The summed E-state index contributed by atoms with van der Waals surface area (Å²) < 4.78 is 12.3. The van der Waals surface area contributed by atoms with Crippen molar-refractivity contribution in [1.29, 1.82) is 0 Å². The van der Waals surface area contributed by atoms with E-state index >= 15 is 0 Å². The maximum atomic E-state index is 14.8. The van der Waals surface area contributed by atoms with Crippen LogP contribution in [0.3, 0.4) is 0 Å². The third-order valence-electron chi connectivity index (χ3n) is 11.7. The Hall–Kier alpha value is -5.33. The maximum absolute atomic E-state index is 14.8. The number of rotatable bonds is 11. The van der Waals surface area contributed by atoms with Crippen molar-refractivity contribution in [3.05, 3.63) is 60.7 Å². The summed E-state index contributed by atoms with van der Waals surface area (Å²) in [6, 6.07) is 11.7. The Morgan fingerprint density at radius 2 is 1.85 bits per heavy atom. The van der Waals surface area contributed by atoms with Crippen molar-refractivity contribution in [2.24, 2.45) is 11.8 Å². The van der Waals surface area contributed by atoms with Crippen molar-refractivity contribution in [2.45, 2.75) is 83.1 Å². The molecule has 2 saturated heterocycles. The standard InChI is InChI=1S/C42H52N6O7/c1-9-27-22-42(27,39(51)52)44-37(49)34-20-29(23-47(34)38(50)36(24(2)3)46-16-17-48(40(46)53)41(4,5)6)55-35-21-31(43-32-19-28(54-8)11-12-30(32)35)25-10-13-33-26(18-25)14-15-45(33)7/h9-13,18-19,21,24,27,29,34,36H,1,14-17,20,22-23H2,2-8H3,(H,44,49)(H,51,52)/t27-,29-,34+,36+,42-/m1/s1. The number of nitrogens with zero attached hydrogens (tertiary/aromatic N) is 5. The number of ether oxygens (including phenoxy) is 2. The average Bonchev–Trinajstić information content (AvgIpc) is 3.36. The number of aliphatic carboxylic acids is 1. The predicted octanol–water partition coefficient (Wildman–Crippen LogP) is 4.96. The molecule has 3 aliphatic heterocycles. The Balaban J connectivity index is 1.24. The number of urea groups is 1. The highest BCUT2D eigenvalue weighted by atomic mass is 16.5. The molecule has 3 aromatic rings. The Kier molecular flexibility index (Phi) is 9.71. The first-order valence-corrected chi connectivity index (χ1v) is 19.1. The van der Waals surface area contributed by atoms with Gasteiger partial charge in [0, 0.05) is 73.3 Å². The fourth-order valence-electron chi connectivity index (χ4n) is 8.53. The van der Waals surface area contributed by atoms with Crippen LogP contribution in [-0.4, -0.2) is 118 Å². The number of hydrogen-bond donors (Lipinski definition) is 2. The van der Waals surface area contributed by atoms with E-state index in [4.69, 9.17) is 14.5 Å². The molecule has 292 valence electrons. The number of likely N-dealkylation sites (tertiary alicyclic amines) is 1. The summed E-state index contributed by atoms with van der Waals surface area (Å²) in [5.74, 6) is -1.63. The number of fused-ring (bicyclic) bond motifs is 2. The zero-order valence-corrected chi connectivity index (χ0v) is 32.8. The molecule has 0 spiro atoms. The van der Waals surface area contributed by atoms with E-state index in [1.165, 1.54) is 22.2 Å². The lowest BCUT2D eigenvalue weighted by Gasteiger charge is -2.36. The van der Waals surface area contributed by atoms with Crippen LogP contribution in [0.1, 0.15) is 53.0 Å². The van der Waals surface area contributed by atoms with Gasteiger partial charge in [0.25, 0.3) is 0 Å². The number of carboxylic acids is 1. The number of carbonyl (C=O) groups is 4. The van der Waals surface area contributed by atoms with Crippen LogP contribution in [0.5, 0.6) is 11.5 Å². The minimum absolute atomic E-state index is 0.0522. The van der Waals surface area contributed by atoms with Crippen LogP contribution in [0.15, 0.2) is 55.1 Å². The first kappa shape index (κ1) is 38.0. The van der Waals surface area contributed by atoms with E-state index in [1.54, 1.807) is 16.9 Å². The molecule has 0 unspecified atom stereocenters. The molecule has 1 aliphatic carbocycles. The van der Waals surface area contributed by atoms with E-state index in [0.717, 1.165) is 23.9 Å². The van der Waals surface area contributed by atoms with Gasteiger partial charge in [-0.25, -0.2) is 14.6 Å². The summed E-state index contributed by atoms with van der Waals surface area (Å²) in [5.41, 5.74) is 2.81. The van der Waals surface area contributed by atoms with Gasteiger partial charge in [0.2, 0.25) is 11.8 Å². The predicted molar refractivity (Wildman–Crippen MR) is 209 cm³/mol. The molecule has 4 heterocycles. The maximum Gasteiger partial charge on any atom is 0.330 e. The smallest absolute Gasteiger partial charge is 0.330 e. The van der Waals surface area contributed by atoms with E-state index in [0.29, 0.717) is 35.8 Å². The SMILES string of the molecule is C=C[C@@H]1C[C@]1(NC(=O)[C@@H]1C[C@@H](Oc2cc(-c3ccc4c(c3)CCN4C)nc3cc(OC)ccc23)CN1C(=O)[C@H](C(C)C)N1CCN(C(C)(C)C)C1=O)C(=O)O. The molecule has 0 bridgehead atoms. The molecule has 2 aromatic carbocycles. The fourth-order valence-corrected chi connectivity index (χ4v) is 8.53. The highest BCUT2D eigenvalue weighted by molar-refractivity contribution is 5.97. The lowest BCUT2D eigenvalue weighted by Crippen LogP contribution is -2.58. The van der Waals surface area contributed by atoms with Gasteiger partial charge in [-0.05, 0) is 69.4 Å². The number of benzene rings is 2. The molecular formula is C42H52N6O7. The van der Waals surface area contributed by atoms with Crippen LogP contribution in [0.25, 0.3) is 22.2 Å². The minimum Gasteiger partial charge on any atom is -0.497 e. The number of amides is 4. The molecule has 3 fully saturated rings. The fraction of sp³-hybridized carbons (Fsp3) is 0.500. The van der Waals surface area contributed by atoms with E-state index < -0.39 is 47.1 Å². The van der Waals surface area contributed by atoms with Crippen LogP contribution in [0.4, 0.5) is 10.5 Å². The van der Waals surface area contributed by atoms with Gasteiger partial charge in [-0.15, -0.1) is 6.58 Å². The molecule has 2 N–H and O–H groups in total. The van der Waals surface area contributed by atoms with Crippen LogP contribution in [0, 0.1) is 11.8 Å². The molecule has 5 atom stereocenters. The second-order valence-electron chi connectivity index (χ2n) is 16.7. The number of anilines is 1. The molecule has 4 amide bonds. The number of aromatic nitrogens is 1. The molecular weight excluding hydrogens is 700 g/mol. The summed E-state index contributed by atoms with van der Waals surface area (Å²) in [6.45, 7) is 15.3. The van der Waals surface area contributed by atoms with Crippen LogP contribution < -0.4 is 19.7 Å². The highest BCUT2D eigenvalue weighted by Gasteiger charge is 2.61. The first-order valence-electron chi connectivity index (χ1n) is 19.1. The van der Waals surface area contributed by atoms with Crippen LogP contribution in [-0.2, 0) is 20.8 Å². The van der Waals surface area contributed by atoms with Crippen molar-refractivity contribution in [3.63, 3.8) is 0 Å². The Morgan fingerprint density at radius 1 is 1.09 bits per heavy atom. The topological polar surface area (TPSA) is 145 Å². The zero-order valence-electron chi connectivity index (χ0n) is 32.8. The van der Waals surface area contributed by atoms with Crippen molar-refractivity contribution in [2.75, 3.05) is 45.2 Å². The van der Waals surface area contributed by atoms with Crippen LogP contribution in [0.2, 0.25) is 0 Å². The molecule has 13 heteroatoms. The second-order valence-corrected chi connectivity index (χ2v) is 16.7. The summed E-state index contributed by atoms with van der Waals surface area (Å²) in [4.78, 5) is 67.3. The van der Waals surface area contributed by atoms with Gasteiger partial charge in [-0.2, -0.15) is 0 Å². The summed E-state index contributed by atoms with van der Waals surface area (Å²) in [6.07, 6.45) is 2.15. The largest absolute Gasteiger partial charge is 0.497 e. The van der Waals surface area contributed by atoms with Gasteiger partial charge in [-0.1, -0.05) is 26.0 Å². The molecule has 13 nitrogen and oxygen atoms in total. The number of pyridine rings is 1. The number of likely N-dealkylation sites (N-methyl/N-ethyl adjacent to an activating group) is 1. The van der Waals surface area contributed by atoms with Gasteiger partial charge in [0.15, 0.2) is 0 Å². The summed E-state index contributed by atoms with van der Waals surface area (Å²) in [7, 11) is 3.68. The monoisotopic (exact) mass is 752 g/mol. The average molecular weight is 753 g/mol. The molecule has 55 heavy (non-hydrogen) atoms.